The molecular formula is C23H29N3O6. The smallest absolute Gasteiger partial charge is 0.330 e. The van der Waals surface area contributed by atoms with Gasteiger partial charge in [-0.25, -0.2) is 4.79 Å². The average molecular weight is 444 g/mol. The van der Waals surface area contributed by atoms with Crippen LogP contribution in [0.5, 0.6) is 0 Å². The summed E-state index contributed by atoms with van der Waals surface area (Å²) >= 11 is 0. The van der Waals surface area contributed by atoms with Gasteiger partial charge >= 0.3 is 5.97 Å². The van der Waals surface area contributed by atoms with Crippen LogP contribution in [0, 0.1) is 5.92 Å². The second kappa shape index (κ2) is 13.0. The quantitative estimate of drug-likeness (QED) is 0.197. The fourth-order valence-electron chi connectivity index (χ4n) is 3.49. The number of ether oxygens (including phenoxy) is 1. The molecule has 2 rings (SSSR count). The molecule has 1 aliphatic rings. The molecule has 32 heavy (non-hydrogen) atoms. The van der Waals surface area contributed by atoms with Crippen LogP contribution in [0.25, 0.3) is 0 Å². The number of nitrogens with one attached hydrogen (secondary N) is 3. The van der Waals surface area contributed by atoms with E-state index >= 15 is 0 Å². The Kier molecular flexibility index (Phi) is 10.1. The minimum absolute atomic E-state index is 0.102. The van der Waals surface area contributed by atoms with E-state index in [-0.39, 0.29) is 37.6 Å². The van der Waals surface area contributed by atoms with E-state index in [0.29, 0.717) is 13.0 Å². The average Bonchev–Trinajstić information content (AvgIpc) is 2.79. The summed E-state index contributed by atoms with van der Waals surface area (Å²) in [6.07, 6.45) is 4.75. The molecule has 1 heterocycles. The number of piperidine rings is 1. The van der Waals surface area contributed by atoms with Gasteiger partial charge in [0.15, 0.2) is 0 Å². The summed E-state index contributed by atoms with van der Waals surface area (Å²) in [5, 5.41) is 7.99. The van der Waals surface area contributed by atoms with Gasteiger partial charge in [0.2, 0.25) is 18.1 Å². The molecule has 1 saturated heterocycles. The lowest BCUT2D eigenvalue weighted by atomic mass is 9.91. The topological polar surface area (TPSA) is 131 Å². The molecule has 1 aromatic rings. The lowest BCUT2D eigenvalue weighted by Gasteiger charge is -2.27. The Labute approximate surface area is 187 Å². The van der Waals surface area contributed by atoms with Gasteiger partial charge < -0.3 is 20.7 Å². The van der Waals surface area contributed by atoms with Crippen LogP contribution < -0.4 is 16.0 Å². The molecule has 0 saturated carbocycles. The first kappa shape index (κ1) is 24.8. The third kappa shape index (κ3) is 8.33. The maximum absolute atomic E-state index is 13.0. The van der Waals surface area contributed by atoms with Crippen molar-refractivity contribution in [1.29, 1.82) is 0 Å². The minimum atomic E-state index is -1.01. The number of hydrogen-bond acceptors (Lipinski definition) is 6. The van der Waals surface area contributed by atoms with Crippen LogP contribution in [0.1, 0.15) is 31.7 Å². The number of amides is 3. The van der Waals surface area contributed by atoms with Gasteiger partial charge in [-0.05, 0) is 31.7 Å². The van der Waals surface area contributed by atoms with Gasteiger partial charge in [0.1, 0.15) is 6.04 Å². The van der Waals surface area contributed by atoms with E-state index in [4.69, 9.17) is 4.74 Å². The highest BCUT2D eigenvalue weighted by Crippen LogP contribution is 2.18. The molecule has 0 unspecified atom stereocenters. The van der Waals surface area contributed by atoms with Crippen LogP contribution in [0.3, 0.4) is 0 Å². The van der Waals surface area contributed by atoms with Crippen LogP contribution in [-0.4, -0.2) is 55.2 Å². The van der Waals surface area contributed by atoms with Gasteiger partial charge in [-0.1, -0.05) is 36.4 Å². The Morgan fingerprint density at radius 3 is 2.62 bits per heavy atom. The molecule has 1 fully saturated rings. The fraction of sp³-hybridized carbons (Fsp3) is 0.435. The van der Waals surface area contributed by atoms with Gasteiger partial charge in [0.25, 0.3) is 5.91 Å². The van der Waals surface area contributed by atoms with Crippen molar-refractivity contribution in [2.75, 3.05) is 13.2 Å². The van der Waals surface area contributed by atoms with Crippen LogP contribution in [0.4, 0.5) is 0 Å². The Morgan fingerprint density at radius 2 is 1.97 bits per heavy atom. The number of carbonyl (C=O) groups excluding carboxylic acids is 5. The van der Waals surface area contributed by atoms with Crippen molar-refractivity contribution < 1.29 is 28.7 Å². The zero-order valence-corrected chi connectivity index (χ0v) is 18.0. The summed E-state index contributed by atoms with van der Waals surface area (Å²) in [6, 6.07) is 7.39. The molecule has 172 valence electrons. The summed E-state index contributed by atoms with van der Waals surface area (Å²) in [7, 11) is 0. The summed E-state index contributed by atoms with van der Waals surface area (Å²) in [5.41, 5.74) is 0.795. The Morgan fingerprint density at radius 1 is 1.22 bits per heavy atom. The van der Waals surface area contributed by atoms with Gasteiger partial charge in [0.05, 0.1) is 6.61 Å². The second-order valence-electron chi connectivity index (χ2n) is 7.46. The Bertz CT molecular complexity index is 839. The summed E-state index contributed by atoms with van der Waals surface area (Å²) < 4.78 is 4.89. The maximum Gasteiger partial charge on any atom is 0.330 e. The highest BCUT2D eigenvalue weighted by Gasteiger charge is 2.28. The highest BCUT2D eigenvalue weighted by atomic mass is 16.5. The number of rotatable bonds is 11. The van der Waals surface area contributed by atoms with Gasteiger partial charge in [-0.3, -0.25) is 19.2 Å². The molecule has 0 aromatic heterocycles. The first-order chi connectivity index (χ1) is 15.4. The Hall–Kier alpha value is -3.49. The highest BCUT2D eigenvalue weighted by molar-refractivity contribution is 6.24. The van der Waals surface area contributed by atoms with Crippen molar-refractivity contribution in [3.63, 3.8) is 0 Å². The minimum Gasteiger partial charge on any atom is -0.463 e. The molecule has 9 nitrogen and oxygen atoms in total. The maximum atomic E-state index is 13.0. The SMILES string of the molecule is CCOC(=O)/C=C/[C@H](C[C@@H]1CCCNC1=O)NC(=O)[C@H](Cc1ccccc1)NC(=O)C=O. The molecule has 0 bridgehead atoms. The summed E-state index contributed by atoms with van der Waals surface area (Å²) in [4.78, 5) is 59.4. The van der Waals surface area contributed by atoms with Crippen molar-refractivity contribution in [3.05, 3.63) is 48.0 Å². The molecule has 0 radical (unpaired) electrons. The monoisotopic (exact) mass is 443 g/mol. The number of aldehydes is 1. The Balaban J connectivity index is 2.16. The van der Waals surface area contributed by atoms with Crippen molar-refractivity contribution in [2.45, 2.75) is 44.7 Å². The number of carbonyl (C=O) groups is 5. The van der Waals surface area contributed by atoms with Crippen molar-refractivity contribution in [1.82, 2.24) is 16.0 Å². The van der Waals surface area contributed by atoms with E-state index in [0.717, 1.165) is 12.0 Å². The normalized spacial score (nSPS) is 17.7. The van der Waals surface area contributed by atoms with Gasteiger partial charge in [-0.2, -0.15) is 0 Å². The van der Waals surface area contributed by atoms with Crippen molar-refractivity contribution in [2.24, 2.45) is 5.92 Å². The standard InChI is InChI=1S/C23H29N3O6/c1-2-32-21(29)11-10-18(14-17-9-6-12-24-22(17)30)25-23(31)19(26-20(28)15-27)13-16-7-4-3-5-8-16/h3-5,7-8,10-11,15,17-19H,2,6,9,12-14H2,1H3,(H,24,30)(H,25,31)(H,26,28)/b11-10+/t17-,18+,19-/m0/s1. The molecule has 3 atom stereocenters. The number of hydrogen-bond donors (Lipinski definition) is 3. The van der Waals surface area contributed by atoms with E-state index in [1.54, 1.807) is 31.2 Å². The third-order valence-corrected chi connectivity index (χ3v) is 5.04. The molecule has 0 spiro atoms. The zero-order chi connectivity index (χ0) is 23.3. The zero-order valence-electron chi connectivity index (χ0n) is 18.0. The van der Waals surface area contributed by atoms with E-state index in [1.807, 2.05) is 6.07 Å². The summed E-state index contributed by atoms with van der Waals surface area (Å²) in [5.74, 6) is -2.42. The molecule has 1 aliphatic heterocycles. The molecule has 3 amide bonds. The fourth-order valence-corrected chi connectivity index (χ4v) is 3.49. The predicted molar refractivity (Wildman–Crippen MR) is 116 cm³/mol. The molecule has 9 heteroatoms. The third-order valence-electron chi connectivity index (χ3n) is 5.04. The van der Waals surface area contributed by atoms with Crippen molar-refractivity contribution >= 4 is 30.0 Å². The number of benzene rings is 1. The van der Waals surface area contributed by atoms with Crippen LogP contribution in [-0.2, 0) is 35.1 Å². The molecule has 3 N–H and O–H groups in total. The van der Waals surface area contributed by atoms with Gasteiger partial charge in [0, 0.05) is 31.0 Å². The second-order valence-corrected chi connectivity index (χ2v) is 7.46. The largest absolute Gasteiger partial charge is 0.463 e. The molecular weight excluding hydrogens is 414 g/mol. The molecule has 1 aromatic carbocycles. The van der Waals surface area contributed by atoms with Gasteiger partial charge in [-0.15, -0.1) is 0 Å². The van der Waals surface area contributed by atoms with E-state index < -0.39 is 29.9 Å². The first-order valence-electron chi connectivity index (χ1n) is 10.7. The van der Waals surface area contributed by atoms with E-state index in [9.17, 15) is 24.0 Å². The van der Waals surface area contributed by atoms with Crippen LogP contribution in [0.15, 0.2) is 42.5 Å². The first-order valence-corrected chi connectivity index (χ1v) is 10.7. The summed E-state index contributed by atoms with van der Waals surface area (Å²) in [6.45, 7) is 2.51. The lowest BCUT2D eigenvalue weighted by Crippen LogP contribution is -2.51. The van der Waals surface area contributed by atoms with Crippen LogP contribution >= 0.6 is 0 Å². The number of esters is 1. The van der Waals surface area contributed by atoms with E-state index in [1.165, 1.54) is 12.2 Å². The predicted octanol–water partition coefficient (Wildman–Crippen LogP) is 0.433. The van der Waals surface area contributed by atoms with Crippen molar-refractivity contribution in [3.8, 4) is 0 Å². The lowest BCUT2D eigenvalue weighted by molar-refractivity contribution is -0.137. The van der Waals surface area contributed by atoms with E-state index in [2.05, 4.69) is 16.0 Å². The van der Waals surface area contributed by atoms with Crippen LogP contribution in [0.2, 0.25) is 0 Å². The molecule has 0 aliphatic carbocycles.